The molecule has 0 spiro atoms. The zero-order valence-electron chi connectivity index (χ0n) is 6.69. The van der Waals surface area contributed by atoms with Gasteiger partial charge >= 0.3 is 0 Å². The molecule has 0 aliphatic carbocycles. The van der Waals surface area contributed by atoms with Crippen LogP contribution in [0.15, 0.2) is 0 Å². The molecule has 1 nitrogen and oxygen atoms in total. The molecule has 9 heavy (non-hydrogen) atoms. The van der Waals surface area contributed by atoms with Crippen molar-refractivity contribution in [2.45, 2.75) is 33.1 Å². The molecular formula is C8H18N-. The van der Waals surface area contributed by atoms with Crippen LogP contribution in [-0.4, -0.2) is 18.0 Å². The van der Waals surface area contributed by atoms with Crippen LogP contribution in [-0.2, 0) is 0 Å². The van der Waals surface area contributed by atoms with E-state index in [4.69, 9.17) is 0 Å². The normalized spacial score (nSPS) is 10.7. The molecule has 1 heteroatoms. The fourth-order valence-electron chi connectivity index (χ4n) is 0.810. The maximum absolute atomic E-state index is 3.90. The Morgan fingerprint density at radius 1 is 1.11 bits per heavy atom. The van der Waals surface area contributed by atoms with Gasteiger partial charge in [-0.2, -0.15) is 0 Å². The van der Waals surface area contributed by atoms with Gasteiger partial charge < -0.3 is 4.90 Å². The second-order valence-corrected chi connectivity index (χ2v) is 2.47. The van der Waals surface area contributed by atoms with Crippen LogP contribution >= 0.6 is 0 Å². The van der Waals surface area contributed by atoms with Gasteiger partial charge in [0, 0.05) is 0 Å². The van der Waals surface area contributed by atoms with E-state index in [1.165, 1.54) is 19.3 Å². The average molecular weight is 128 g/mol. The molecule has 0 heterocycles. The summed E-state index contributed by atoms with van der Waals surface area (Å²) in [7, 11) is 3.90. The molecule has 0 unspecified atom stereocenters. The molecule has 0 bridgehead atoms. The van der Waals surface area contributed by atoms with Crippen molar-refractivity contribution in [3.8, 4) is 0 Å². The van der Waals surface area contributed by atoms with Crippen LogP contribution in [0.2, 0.25) is 0 Å². The molecule has 56 valence electrons. The summed E-state index contributed by atoms with van der Waals surface area (Å²) < 4.78 is 0. The molecular weight excluding hydrogens is 110 g/mol. The summed E-state index contributed by atoms with van der Waals surface area (Å²) >= 11 is 0. The van der Waals surface area contributed by atoms with Gasteiger partial charge in [0.2, 0.25) is 0 Å². The first-order chi connectivity index (χ1) is 4.31. The molecule has 0 saturated heterocycles. The number of rotatable bonds is 5. The van der Waals surface area contributed by atoms with E-state index in [0.29, 0.717) is 0 Å². The lowest BCUT2D eigenvalue weighted by atomic mass is 10.3. The third-order valence-electron chi connectivity index (χ3n) is 1.37. The summed E-state index contributed by atoms with van der Waals surface area (Å²) in [6, 6.07) is 0. The summed E-state index contributed by atoms with van der Waals surface area (Å²) in [6.07, 6.45) is 3.77. The molecule has 0 radical (unpaired) electrons. The van der Waals surface area contributed by atoms with Gasteiger partial charge in [-0.1, -0.05) is 20.3 Å². The van der Waals surface area contributed by atoms with Crippen LogP contribution in [0, 0.1) is 7.05 Å². The van der Waals surface area contributed by atoms with Crippen LogP contribution in [0.5, 0.6) is 0 Å². The third kappa shape index (κ3) is 5.84. The second kappa shape index (κ2) is 6.09. The van der Waals surface area contributed by atoms with Crippen molar-refractivity contribution in [2.75, 3.05) is 13.1 Å². The van der Waals surface area contributed by atoms with E-state index in [9.17, 15) is 0 Å². The molecule has 0 aromatic rings. The highest BCUT2D eigenvalue weighted by Gasteiger charge is 1.86. The van der Waals surface area contributed by atoms with Crippen molar-refractivity contribution in [1.82, 2.24) is 4.90 Å². The van der Waals surface area contributed by atoms with Crippen molar-refractivity contribution in [3.63, 3.8) is 0 Å². The molecule has 0 aromatic carbocycles. The van der Waals surface area contributed by atoms with E-state index >= 15 is 0 Å². The SMILES string of the molecule is [CH2-]N(CCC)CCCC. The topological polar surface area (TPSA) is 3.24 Å². The molecule has 0 rings (SSSR count). The quantitative estimate of drug-likeness (QED) is 0.513. The predicted octanol–water partition coefficient (Wildman–Crippen LogP) is 2.29. The van der Waals surface area contributed by atoms with Gasteiger partial charge in [0.25, 0.3) is 0 Å². The fraction of sp³-hybridized carbons (Fsp3) is 0.875. The van der Waals surface area contributed by atoms with E-state index in [1.54, 1.807) is 0 Å². The Kier molecular flexibility index (Phi) is 6.06. The fourth-order valence-corrected chi connectivity index (χ4v) is 0.810. The zero-order valence-corrected chi connectivity index (χ0v) is 6.69. The molecule has 0 fully saturated rings. The lowest BCUT2D eigenvalue weighted by Gasteiger charge is -2.23. The third-order valence-corrected chi connectivity index (χ3v) is 1.37. The van der Waals surface area contributed by atoms with E-state index in [2.05, 4.69) is 25.8 Å². The molecule has 0 amide bonds. The van der Waals surface area contributed by atoms with E-state index in [-0.39, 0.29) is 0 Å². The number of hydrogen-bond acceptors (Lipinski definition) is 1. The monoisotopic (exact) mass is 128 g/mol. The van der Waals surface area contributed by atoms with Crippen LogP contribution in [0.4, 0.5) is 0 Å². The first kappa shape index (κ1) is 8.96. The Hall–Kier alpha value is -0.0400. The van der Waals surface area contributed by atoms with Gasteiger partial charge in [-0.05, 0) is 25.9 Å². The highest BCUT2D eigenvalue weighted by atomic mass is 15.1. The Morgan fingerprint density at radius 3 is 2.22 bits per heavy atom. The Labute approximate surface area is 59.1 Å². The highest BCUT2D eigenvalue weighted by Crippen LogP contribution is 1.93. The number of unbranched alkanes of at least 4 members (excludes halogenated alkanes) is 1. The lowest BCUT2D eigenvalue weighted by Crippen LogP contribution is -2.17. The summed E-state index contributed by atoms with van der Waals surface area (Å²) in [6.45, 7) is 6.69. The largest absolute Gasteiger partial charge is 0.459 e. The number of hydrogen-bond donors (Lipinski definition) is 0. The zero-order chi connectivity index (χ0) is 7.11. The minimum absolute atomic E-state index is 1.14. The average Bonchev–Trinajstić information content (AvgIpc) is 1.85. The van der Waals surface area contributed by atoms with Crippen LogP contribution in [0.3, 0.4) is 0 Å². The van der Waals surface area contributed by atoms with Crippen molar-refractivity contribution < 1.29 is 0 Å². The van der Waals surface area contributed by atoms with Gasteiger partial charge in [-0.25, -0.2) is 0 Å². The molecule has 0 aromatic heterocycles. The van der Waals surface area contributed by atoms with Crippen molar-refractivity contribution in [3.05, 3.63) is 7.05 Å². The lowest BCUT2D eigenvalue weighted by molar-refractivity contribution is 0.362. The van der Waals surface area contributed by atoms with Gasteiger partial charge in [0.05, 0.1) is 0 Å². The maximum Gasteiger partial charge on any atom is -0.0304 e. The predicted molar refractivity (Wildman–Crippen MR) is 42.1 cm³/mol. The molecule has 0 N–H and O–H groups in total. The van der Waals surface area contributed by atoms with Crippen LogP contribution in [0.25, 0.3) is 0 Å². The van der Waals surface area contributed by atoms with Crippen LogP contribution in [0.1, 0.15) is 33.1 Å². The molecule has 0 atom stereocenters. The van der Waals surface area contributed by atoms with Gasteiger partial charge in [-0.15, -0.1) is 0 Å². The molecule has 0 aliphatic rings. The maximum atomic E-state index is 3.90. The summed E-state index contributed by atoms with van der Waals surface area (Å²) in [5.74, 6) is 0. The minimum Gasteiger partial charge on any atom is -0.459 e. The van der Waals surface area contributed by atoms with Crippen molar-refractivity contribution >= 4 is 0 Å². The van der Waals surface area contributed by atoms with Crippen LogP contribution < -0.4 is 0 Å². The minimum atomic E-state index is 1.14. The smallest absolute Gasteiger partial charge is 0.0304 e. The Bertz CT molecular complexity index is 52.5. The highest BCUT2D eigenvalue weighted by molar-refractivity contribution is 4.52. The van der Waals surface area contributed by atoms with Gasteiger partial charge in [0.1, 0.15) is 0 Å². The second-order valence-electron chi connectivity index (χ2n) is 2.47. The standard InChI is InChI=1S/C8H18N/c1-4-6-8-9(3)7-5-2/h3-8H2,1-2H3/q-1. The van der Waals surface area contributed by atoms with E-state index in [0.717, 1.165) is 13.1 Å². The van der Waals surface area contributed by atoms with E-state index in [1.807, 2.05) is 0 Å². The number of nitrogens with zero attached hydrogens (tertiary/aromatic N) is 1. The summed E-state index contributed by atoms with van der Waals surface area (Å²) in [4.78, 5) is 2.14. The van der Waals surface area contributed by atoms with E-state index < -0.39 is 0 Å². The molecule has 0 aliphatic heterocycles. The Morgan fingerprint density at radius 2 is 1.78 bits per heavy atom. The first-order valence-electron chi connectivity index (χ1n) is 3.86. The van der Waals surface area contributed by atoms with Gasteiger partial charge in [-0.3, -0.25) is 7.05 Å². The summed E-state index contributed by atoms with van der Waals surface area (Å²) in [5, 5.41) is 0. The summed E-state index contributed by atoms with van der Waals surface area (Å²) in [5.41, 5.74) is 0. The molecule has 0 saturated carbocycles. The first-order valence-corrected chi connectivity index (χ1v) is 3.86. The van der Waals surface area contributed by atoms with Gasteiger partial charge in [0.15, 0.2) is 0 Å². The Balaban J connectivity index is 2.95. The van der Waals surface area contributed by atoms with Crippen molar-refractivity contribution in [1.29, 1.82) is 0 Å². The van der Waals surface area contributed by atoms with Crippen molar-refractivity contribution in [2.24, 2.45) is 0 Å².